The first kappa shape index (κ1) is 22.9. The van der Waals surface area contributed by atoms with Crippen LogP contribution in [0, 0.1) is 24.4 Å². The van der Waals surface area contributed by atoms with Crippen molar-refractivity contribution >= 4 is 12.2 Å². The second kappa shape index (κ2) is 9.40. The summed E-state index contributed by atoms with van der Waals surface area (Å²) in [7, 11) is 1.62. The highest BCUT2D eigenvalue weighted by molar-refractivity contribution is 5.69. The number of halogens is 3. The molecule has 5 rings (SSSR count). The van der Waals surface area contributed by atoms with Gasteiger partial charge in [-0.15, -0.1) is 0 Å². The molecule has 1 aliphatic heterocycles. The summed E-state index contributed by atoms with van der Waals surface area (Å²) in [5.74, 6) is -2.41. The van der Waals surface area contributed by atoms with Gasteiger partial charge in [-0.3, -0.25) is 0 Å². The smallest absolute Gasteiger partial charge is 0.194 e. The Labute approximate surface area is 200 Å². The molecule has 2 aromatic carbocycles. The molecule has 0 amide bonds. The summed E-state index contributed by atoms with van der Waals surface area (Å²) in [6.45, 7) is 2.58. The van der Waals surface area contributed by atoms with Crippen LogP contribution in [0.5, 0.6) is 5.75 Å². The van der Waals surface area contributed by atoms with E-state index in [1.807, 2.05) is 42.0 Å². The zero-order chi connectivity index (χ0) is 24.5. The molecular formula is C26H24F3N5O. The number of rotatable bonds is 5. The molecule has 1 atom stereocenters. The van der Waals surface area contributed by atoms with Crippen LogP contribution in [-0.2, 0) is 6.54 Å². The topological polar surface area (TPSA) is 57.8 Å². The molecule has 0 aliphatic carbocycles. The minimum Gasteiger partial charge on any atom is -0.495 e. The first-order valence-electron chi connectivity index (χ1n) is 11.4. The van der Waals surface area contributed by atoms with Gasteiger partial charge in [0.05, 0.1) is 24.8 Å². The number of aromatic nitrogens is 5. The Kier molecular flexibility index (Phi) is 6.15. The number of imidazole rings is 1. The summed E-state index contributed by atoms with van der Waals surface area (Å²) >= 11 is 0. The molecule has 0 N–H and O–H groups in total. The highest BCUT2D eigenvalue weighted by atomic mass is 19.2. The molecule has 35 heavy (non-hydrogen) atoms. The van der Waals surface area contributed by atoms with E-state index in [-0.39, 0.29) is 5.92 Å². The molecule has 1 aliphatic rings. The number of aryl methyl sites for hydroxylation is 2. The molecule has 180 valence electrons. The monoisotopic (exact) mass is 479 g/mol. The molecule has 0 spiro atoms. The van der Waals surface area contributed by atoms with Gasteiger partial charge in [-0.2, -0.15) is 5.10 Å². The lowest BCUT2D eigenvalue weighted by Crippen LogP contribution is -2.09. The third kappa shape index (κ3) is 4.58. The molecule has 0 fully saturated rings. The van der Waals surface area contributed by atoms with Gasteiger partial charge in [-0.05, 0) is 61.2 Å². The Hall–Kier alpha value is -3.88. The van der Waals surface area contributed by atoms with E-state index in [1.54, 1.807) is 24.2 Å². The van der Waals surface area contributed by atoms with E-state index >= 15 is 0 Å². The highest BCUT2D eigenvalue weighted by Crippen LogP contribution is 2.33. The van der Waals surface area contributed by atoms with Gasteiger partial charge in [0.25, 0.3) is 0 Å². The number of benzene rings is 2. The van der Waals surface area contributed by atoms with Crippen molar-refractivity contribution in [1.29, 1.82) is 0 Å². The van der Waals surface area contributed by atoms with E-state index in [9.17, 15) is 13.2 Å². The predicted molar refractivity (Wildman–Crippen MR) is 126 cm³/mol. The summed E-state index contributed by atoms with van der Waals surface area (Å²) in [4.78, 5) is 8.92. The second-order valence-electron chi connectivity index (χ2n) is 8.59. The van der Waals surface area contributed by atoms with E-state index in [4.69, 9.17) is 4.74 Å². The molecule has 1 unspecified atom stereocenters. The number of ether oxygens (including phenoxy) is 1. The zero-order valence-corrected chi connectivity index (χ0v) is 19.4. The van der Waals surface area contributed by atoms with Crippen molar-refractivity contribution < 1.29 is 17.9 Å². The number of hydrogen-bond donors (Lipinski definition) is 0. The van der Waals surface area contributed by atoms with E-state index in [0.717, 1.165) is 41.9 Å². The molecule has 4 aromatic rings. The van der Waals surface area contributed by atoms with Gasteiger partial charge in [0.15, 0.2) is 23.3 Å². The molecule has 9 heteroatoms. The van der Waals surface area contributed by atoms with E-state index in [2.05, 4.69) is 15.1 Å². The van der Waals surface area contributed by atoms with Crippen LogP contribution in [0.1, 0.15) is 53.7 Å². The number of nitrogens with zero attached hydrogens (tertiary/aromatic N) is 5. The fraction of sp³-hybridized carbons (Fsp3) is 0.269. The Bertz CT molecular complexity index is 1380. The Morgan fingerprint density at radius 2 is 1.86 bits per heavy atom. The zero-order valence-electron chi connectivity index (χ0n) is 19.4. The van der Waals surface area contributed by atoms with Crippen LogP contribution in [0.4, 0.5) is 13.2 Å². The minimum absolute atomic E-state index is 0.363. The fourth-order valence-corrected chi connectivity index (χ4v) is 4.43. The lowest BCUT2D eigenvalue weighted by molar-refractivity contribution is 0.413. The van der Waals surface area contributed by atoms with Gasteiger partial charge in [0, 0.05) is 18.7 Å². The second-order valence-corrected chi connectivity index (χ2v) is 8.59. The third-order valence-electron chi connectivity index (χ3n) is 6.17. The summed E-state index contributed by atoms with van der Waals surface area (Å²) in [5, 5.41) is 4.59. The van der Waals surface area contributed by atoms with Crippen LogP contribution in [0.3, 0.4) is 0 Å². The maximum absolute atomic E-state index is 13.9. The van der Waals surface area contributed by atoms with Crippen molar-refractivity contribution in [2.75, 3.05) is 7.11 Å². The van der Waals surface area contributed by atoms with Gasteiger partial charge in [-0.25, -0.2) is 27.8 Å². The number of methoxy groups -OCH3 is 1. The SMILES string of the molecule is COc1cc(C=Cc2nc3n(n2)CCCCC3c2cc(F)c(F)c(F)c2)ccc1-n1cnc(C)c1. The summed E-state index contributed by atoms with van der Waals surface area (Å²) < 4.78 is 50.5. The first-order chi connectivity index (χ1) is 16.9. The van der Waals surface area contributed by atoms with Crippen molar-refractivity contribution in [3.63, 3.8) is 0 Å². The van der Waals surface area contributed by atoms with Crippen molar-refractivity contribution in [3.05, 3.63) is 88.8 Å². The Morgan fingerprint density at radius 1 is 1.06 bits per heavy atom. The summed E-state index contributed by atoms with van der Waals surface area (Å²) in [6, 6.07) is 7.92. The average molecular weight is 480 g/mol. The average Bonchev–Trinajstić information content (AvgIpc) is 3.41. The number of fused-ring (bicyclic) bond motifs is 1. The molecule has 0 saturated heterocycles. The molecule has 6 nitrogen and oxygen atoms in total. The predicted octanol–water partition coefficient (Wildman–Crippen LogP) is 5.68. The van der Waals surface area contributed by atoms with Crippen molar-refractivity contribution in [3.8, 4) is 11.4 Å². The Morgan fingerprint density at radius 3 is 2.57 bits per heavy atom. The quantitative estimate of drug-likeness (QED) is 0.346. The van der Waals surface area contributed by atoms with Crippen molar-refractivity contribution in [1.82, 2.24) is 24.3 Å². The van der Waals surface area contributed by atoms with Crippen molar-refractivity contribution in [2.45, 2.75) is 38.6 Å². The molecular weight excluding hydrogens is 455 g/mol. The summed E-state index contributed by atoms with van der Waals surface area (Å²) in [6.07, 6.45) is 9.70. The van der Waals surface area contributed by atoms with Gasteiger partial charge in [-0.1, -0.05) is 18.6 Å². The molecule has 0 bridgehead atoms. The fourth-order valence-electron chi connectivity index (χ4n) is 4.43. The normalized spacial score (nSPS) is 15.9. The van der Waals surface area contributed by atoms with Crippen LogP contribution in [0.2, 0.25) is 0 Å². The van der Waals surface area contributed by atoms with Gasteiger partial charge in [0.2, 0.25) is 0 Å². The van der Waals surface area contributed by atoms with Crippen molar-refractivity contribution in [2.24, 2.45) is 0 Å². The largest absolute Gasteiger partial charge is 0.495 e. The van der Waals surface area contributed by atoms with Crippen LogP contribution >= 0.6 is 0 Å². The van der Waals surface area contributed by atoms with Crippen LogP contribution in [0.25, 0.3) is 17.8 Å². The molecule has 0 saturated carbocycles. The van der Waals surface area contributed by atoms with E-state index < -0.39 is 17.5 Å². The minimum atomic E-state index is -1.46. The van der Waals surface area contributed by atoms with E-state index in [1.165, 1.54) is 0 Å². The molecule has 0 radical (unpaired) electrons. The summed E-state index contributed by atoms with van der Waals surface area (Å²) in [5.41, 5.74) is 3.04. The number of hydrogen-bond acceptors (Lipinski definition) is 4. The lowest BCUT2D eigenvalue weighted by atomic mass is 9.93. The maximum Gasteiger partial charge on any atom is 0.194 e. The van der Waals surface area contributed by atoms with Gasteiger partial charge < -0.3 is 9.30 Å². The highest BCUT2D eigenvalue weighted by Gasteiger charge is 2.26. The molecule has 2 aromatic heterocycles. The maximum atomic E-state index is 13.9. The first-order valence-corrected chi connectivity index (χ1v) is 11.4. The van der Waals surface area contributed by atoms with Crippen LogP contribution < -0.4 is 4.74 Å². The van der Waals surface area contributed by atoms with E-state index in [0.29, 0.717) is 35.9 Å². The standard InChI is InChI=1S/C26H24F3N5O/c1-16-14-33(15-30-16)22-8-6-17(11-23(22)35-2)7-9-24-31-26-19(5-3-4-10-34(26)32-24)18-12-20(27)25(29)21(28)13-18/h6-9,11-15,19H,3-5,10H2,1-2H3. The lowest BCUT2D eigenvalue weighted by Gasteiger charge is -2.14. The third-order valence-corrected chi connectivity index (χ3v) is 6.17. The van der Waals surface area contributed by atoms with Gasteiger partial charge in [0.1, 0.15) is 11.6 Å². The van der Waals surface area contributed by atoms with Gasteiger partial charge >= 0.3 is 0 Å². The van der Waals surface area contributed by atoms with Crippen LogP contribution in [-0.4, -0.2) is 31.4 Å². The Balaban J connectivity index is 1.44. The van der Waals surface area contributed by atoms with Crippen LogP contribution in [0.15, 0.2) is 42.9 Å². The molecule has 3 heterocycles.